The predicted octanol–water partition coefficient (Wildman–Crippen LogP) is 2.42. The summed E-state index contributed by atoms with van der Waals surface area (Å²) in [5.41, 5.74) is 1.51. The summed E-state index contributed by atoms with van der Waals surface area (Å²) >= 11 is 0. The number of hydrogen-bond acceptors (Lipinski definition) is 4. The third kappa shape index (κ3) is 3.26. The van der Waals surface area contributed by atoms with Crippen molar-refractivity contribution in [2.24, 2.45) is 17.3 Å². The molecule has 4 heteroatoms. The molecule has 1 N–H and O–H groups in total. The molecule has 3 atom stereocenters. The molecule has 0 aromatic rings. The minimum atomic E-state index is -0.288. The fourth-order valence-electron chi connectivity index (χ4n) is 3.59. The molecule has 0 bridgehead atoms. The number of carbonyl (C=O) groups excluding carboxylic acids is 2. The molecular weight excluding hydrogens is 268 g/mol. The number of fused-ring (bicyclic) bond motifs is 1. The van der Waals surface area contributed by atoms with Crippen molar-refractivity contribution in [3.8, 4) is 0 Å². The van der Waals surface area contributed by atoms with Crippen molar-refractivity contribution in [2.75, 3.05) is 13.2 Å². The first-order valence-electron chi connectivity index (χ1n) is 7.51. The zero-order valence-corrected chi connectivity index (χ0v) is 12.9. The molecule has 0 saturated heterocycles. The van der Waals surface area contributed by atoms with Crippen LogP contribution >= 0.6 is 0 Å². The molecular formula is C17H24O4. The van der Waals surface area contributed by atoms with E-state index in [0.29, 0.717) is 24.5 Å². The second kappa shape index (κ2) is 6.14. The van der Waals surface area contributed by atoms with E-state index in [1.807, 2.05) is 6.08 Å². The third-order valence-corrected chi connectivity index (χ3v) is 4.99. The Morgan fingerprint density at radius 2 is 2.29 bits per heavy atom. The van der Waals surface area contributed by atoms with E-state index in [1.54, 1.807) is 0 Å². The standard InChI is InChI=1S/C17H24O4/c1-11-5-4-6-13(9-18)16(20)7-15-14(11)8-17(15,3)10-21-12(2)19/h6,14-15,18H,1,4-5,7-10H2,2-3H3/b13-6-/t14-,15-,17+/m1/s1. The number of ether oxygens (including phenoxy) is 1. The minimum Gasteiger partial charge on any atom is -0.465 e. The zero-order valence-electron chi connectivity index (χ0n) is 12.9. The van der Waals surface area contributed by atoms with Crippen LogP contribution in [0, 0.1) is 17.3 Å². The maximum atomic E-state index is 12.3. The Labute approximate surface area is 125 Å². The molecule has 0 amide bonds. The molecule has 0 radical (unpaired) electrons. The van der Waals surface area contributed by atoms with Crippen LogP contribution in [0.2, 0.25) is 0 Å². The molecule has 0 aromatic carbocycles. The van der Waals surface area contributed by atoms with Crippen molar-refractivity contribution in [3.63, 3.8) is 0 Å². The van der Waals surface area contributed by atoms with Gasteiger partial charge in [0.25, 0.3) is 0 Å². The van der Waals surface area contributed by atoms with Crippen LogP contribution in [-0.2, 0) is 14.3 Å². The van der Waals surface area contributed by atoms with Gasteiger partial charge in [0.1, 0.15) is 0 Å². The second-order valence-electron chi connectivity index (χ2n) is 6.56. The van der Waals surface area contributed by atoms with Crippen LogP contribution in [0.25, 0.3) is 0 Å². The van der Waals surface area contributed by atoms with Gasteiger partial charge in [-0.25, -0.2) is 0 Å². The number of aliphatic hydroxyl groups excluding tert-OH is 1. The lowest BCUT2D eigenvalue weighted by Gasteiger charge is -2.53. The van der Waals surface area contributed by atoms with E-state index in [2.05, 4.69) is 13.5 Å². The molecule has 1 fully saturated rings. The van der Waals surface area contributed by atoms with Gasteiger partial charge >= 0.3 is 5.97 Å². The average molecular weight is 292 g/mol. The fraction of sp³-hybridized carbons (Fsp3) is 0.647. The van der Waals surface area contributed by atoms with Gasteiger partial charge in [0.2, 0.25) is 0 Å². The summed E-state index contributed by atoms with van der Waals surface area (Å²) in [6.07, 6.45) is 4.74. The molecule has 1 saturated carbocycles. The smallest absolute Gasteiger partial charge is 0.302 e. The highest BCUT2D eigenvalue weighted by Gasteiger charge is 2.52. The van der Waals surface area contributed by atoms with E-state index in [4.69, 9.17) is 4.74 Å². The Hall–Kier alpha value is -1.42. The summed E-state index contributed by atoms with van der Waals surface area (Å²) in [7, 11) is 0. The topological polar surface area (TPSA) is 63.6 Å². The lowest BCUT2D eigenvalue weighted by atomic mass is 9.51. The third-order valence-electron chi connectivity index (χ3n) is 4.99. The summed E-state index contributed by atoms with van der Waals surface area (Å²) in [6, 6.07) is 0. The van der Waals surface area contributed by atoms with Crippen LogP contribution in [0.5, 0.6) is 0 Å². The van der Waals surface area contributed by atoms with Crippen LogP contribution in [0.3, 0.4) is 0 Å². The van der Waals surface area contributed by atoms with Crippen LogP contribution in [0.1, 0.15) is 39.5 Å². The fourth-order valence-corrected chi connectivity index (χ4v) is 3.59. The Kier molecular flexibility index (Phi) is 4.67. The number of ketones is 1. The maximum Gasteiger partial charge on any atom is 0.302 e. The van der Waals surface area contributed by atoms with Gasteiger partial charge in [-0.3, -0.25) is 9.59 Å². The largest absolute Gasteiger partial charge is 0.465 e. The Morgan fingerprint density at radius 1 is 1.57 bits per heavy atom. The molecule has 0 aromatic heterocycles. The molecule has 2 aliphatic carbocycles. The van der Waals surface area contributed by atoms with Gasteiger partial charge in [-0.1, -0.05) is 25.2 Å². The molecule has 2 aliphatic rings. The Bertz CT molecular complexity index is 491. The highest BCUT2D eigenvalue weighted by molar-refractivity contribution is 5.95. The number of carbonyl (C=O) groups is 2. The number of esters is 1. The first kappa shape index (κ1) is 16.0. The van der Waals surface area contributed by atoms with Crippen LogP contribution < -0.4 is 0 Å². The molecule has 0 heterocycles. The maximum absolute atomic E-state index is 12.3. The van der Waals surface area contributed by atoms with Crippen molar-refractivity contribution >= 4 is 11.8 Å². The van der Waals surface area contributed by atoms with Crippen LogP contribution in [-0.4, -0.2) is 30.1 Å². The lowest BCUT2D eigenvalue weighted by Crippen LogP contribution is -2.50. The number of allylic oxidation sites excluding steroid dienone is 2. The first-order valence-corrected chi connectivity index (χ1v) is 7.51. The van der Waals surface area contributed by atoms with Crippen molar-refractivity contribution in [1.82, 2.24) is 0 Å². The van der Waals surface area contributed by atoms with Gasteiger partial charge in [0, 0.05) is 24.3 Å². The summed E-state index contributed by atoms with van der Waals surface area (Å²) < 4.78 is 5.18. The van der Waals surface area contributed by atoms with Crippen molar-refractivity contribution in [2.45, 2.75) is 39.5 Å². The summed E-state index contributed by atoms with van der Waals surface area (Å²) in [6.45, 7) is 7.78. The second-order valence-corrected chi connectivity index (χ2v) is 6.56. The van der Waals surface area contributed by atoms with Crippen LogP contribution in [0.15, 0.2) is 23.8 Å². The van der Waals surface area contributed by atoms with E-state index in [1.165, 1.54) is 12.5 Å². The van der Waals surface area contributed by atoms with Gasteiger partial charge in [-0.2, -0.15) is 0 Å². The lowest BCUT2D eigenvalue weighted by molar-refractivity contribution is -0.153. The molecule has 21 heavy (non-hydrogen) atoms. The Morgan fingerprint density at radius 3 is 2.90 bits per heavy atom. The van der Waals surface area contributed by atoms with E-state index < -0.39 is 0 Å². The quantitative estimate of drug-likeness (QED) is 0.641. The zero-order chi connectivity index (χ0) is 15.6. The van der Waals surface area contributed by atoms with E-state index in [0.717, 1.165) is 19.3 Å². The van der Waals surface area contributed by atoms with Gasteiger partial charge in [0.15, 0.2) is 5.78 Å². The van der Waals surface area contributed by atoms with Gasteiger partial charge in [0.05, 0.1) is 13.2 Å². The Balaban J connectivity index is 2.16. The van der Waals surface area contributed by atoms with Gasteiger partial charge in [-0.05, 0) is 31.1 Å². The number of aliphatic hydroxyl groups is 1. The number of hydrogen-bond donors (Lipinski definition) is 1. The summed E-state index contributed by atoms with van der Waals surface area (Å²) in [4.78, 5) is 23.4. The first-order chi connectivity index (χ1) is 9.87. The minimum absolute atomic E-state index is 0.0101. The van der Waals surface area contributed by atoms with Crippen molar-refractivity contribution in [3.05, 3.63) is 23.8 Å². The van der Waals surface area contributed by atoms with E-state index >= 15 is 0 Å². The highest BCUT2D eigenvalue weighted by Crippen LogP contribution is 2.56. The van der Waals surface area contributed by atoms with Crippen LogP contribution in [0.4, 0.5) is 0 Å². The normalized spacial score (nSPS) is 35.5. The predicted molar refractivity (Wildman–Crippen MR) is 79.5 cm³/mol. The molecule has 4 nitrogen and oxygen atoms in total. The van der Waals surface area contributed by atoms with E-state index in [-0.39, 0.29) is 29.7 Å². The number of rotatable bonds is 3. The number of Topliss-reactive ketones (excluding diaryl/α,β-unsaturated/α-hetero) is 1. The van der Waals surface area contributed by atoms with Gasteiger partial charge in [-0.15, -0.1) is 0 Å². The SMILES string of the molecule is C=C1CC/C=C(/CO)C(=O)C[C@@H]2[C@@H]1C[C@@]2(C)COC(C)=O. The average Bonchev–Trinajstić information content (AvgIpc) is 2.47. The van der Waals surface area contributed by atoms with E-state index in [9.17, 15) is 14.7 Å². The molecule has 0 unspecified atom stereocenters. The summed E-state index contributed by atoms with van der Waals surface area (Å²) in [5.74, 6) is 0.186. The molecule has 0 spiro atoms. The van der Waals surface area contributed by atoms with Crippen molar-refractivity contribution in [1.29, 1.82) is 0 Å². The van der Waals surface area contributed by atoms with Gasteiger partial charge < -0.3 is 9.84 Å². The molecule has 2 rings (SSSR count). The monoisotopic (exact) mass is 292 g/mol. The highest BCUT2D eigenvalue weighted by atomic mass is 16.5. The van der Waals surface area contributed by atoms with Crippen molar-refractivity contribution < 1.29 is 19.4 Å². The molecule has 116 valence electrons. The molecule has 0 aliphatic heterocycles. The summed E-state index contributed by atoms with van der Waals surface area (Å²) in [5, 5.41) is 9.33.